The van der Waals surface area contributed by atoms with Crippen LogP contribution in [0.5, 0.6) is 0 Å². The number of carbonyl (C=O) groups excluding carboxylic acids is 1. The smallest absolute Gasteiger partial charge is 0.260 e. The second-order valence-electron chi connectivity index (χ2n) is 4.16. The average molecular weight is 300 g/mol. The first kappa shape index (κ1) is 13.3. The minimum absolute atomic E-state index is 0.140. The fourth-order valence-electron chi connectivity index (χ4n) is 1.75. The fraction of sp³-hybridized carbons (Fsp3) is 0. The molecule has 0 saturated heterocycles. The van der Waals surface area contributed by atoms with Crippen molar-refractivity contribution >= 4 is 23.3 Å². The largest absolute Gasteiger partial charge is 0.304 e. The molecule has 0 atom stereocenters. The van der Waals surface area contributed by atoms with Crippen molar-refractivity contribution in [3.05, 3.63) is 65.8 Å². The van der Waals surface area contributed by atoms with E-state index >= 15 is 0 Å². The summed E-state index contributed by atoms with van der Waals surface area (Å²) in [7, 11) is 0. The van der Waals surface area contributed by atoms with Crippen molar-refractivity contribution in [1.29, 1.82) is 0 Å². The van der Waals surface area contributed by atoms with Crippen molar-refractivity contribution in [2.24, 2.45) is 0 Å². The maximum Gasteiger partial charge on any atom is 0.260 e. The first-order valence-electron chi connectivity index (χ1n) is 6.12. The SMILES string of the molecule is O=C(Nc1nccnc1Cl)c1cnn(-c2ccccc2)c1. The first-order valence-corrected chi connectivity index (χ1v) is 6.50. The third-order valence-corrected chi connectivity index (χ3v) is 3.03. The van der Waals surface area contributed by atoms with Crippen LogP contribution in [-0.4, -0.2) is 25.7 Å². The number of benzene rings is 1. The number of rotatable bonds is 3. The summed E-state index contributed by atoms with van der Waals surface area (Å²) in [6.45, 7) is 0. The molecule has 0 unspecified atom stereocenters. The summed E-state index contributed by atoms with van der Waals surface area (Å²) in [5.41, 5.74) is 1.27. The molecule has 2 heterocycles. The Bertz CT molecular complexity index is 772. The van der Waals surface area contributed by atoms with Crippen LogP contribution in [0.25, 0.3) is 5.69 Å². The molecular weight excluding hydrogens is 290 g/mol. The van der Waals surface area contributed by atoms with Gasteiger partial charge in [-0.25, -0.2) is 14.6 Å². The Morgan fingerprint density at radius 3 is 2.67 bits per heavy atom. The summed E-state index contributed by atoms with van der Waals surface area (Å²) >= 11 is 5.85. The minimum atomic E-state index is -0.348. The maximum absolute atomic E-state index is 12.1. The van der Waals surface area contributed by atoms with Gasteiger partial charge < -0.3 is 5.32 Å². The molecule has 0 bridgehead atoms. The van der Waals surface area contributed by atoms with Gasteiger partial charge in [0.15, 0.2) is 11.0 Å². The van der Waals surface area contributed by atoms with Gasteiger partial charge >= 0.3 is 0 Å². The lowest BCUT2D eigenvalue weighted by atomic mass is 10.3. The molecule has 2 aromatic heterocycles. The standard InChI is InChI=1S/C14H10ClN5O/c15-12-13(17-7-6-16-12)19-14(21)10-8-18-20(9-10)11-4-2-1-3-5-11/h1-9H,(H,17,19,21). The van der Waals surface area contributed by atoms with Gasteiger partial charge in [-0.1, -0.05) is 29.8 Å². The number of nitrogens with zero attached hydrogens (tertiary/aromatic N) is 4. The van der Waals surface area contributed by atoms with Crippen molar-refractivity contribution in [3.63, 3.8) is 0 Å². The van der Waals surface area contributed by atoms with Crippen molar-refractivity contribution in [3.8, 4) is 5.69 Å². The van der Waals surface area contributed by atoms with Crippen molar-refractivity contribution in [2.45, 2.75) is 0 Å². The molecule has 1 amide bonds. The van der Waals surface area contributed by atoms with Gasteiger partial charge in [0.25, 0.3) is 5.91 Å². The average Bonchev–Trinajstić information content (AvgIpc) is 3.00. The fourth-order valence-corrected chi connectivity index (χ4v) is 1.90. The summed E-state index contributed by atoms with van der Waals surface area (Å²) in [6, 6.07) is 9.51. The first-order chi connectivity index (χ1) is 10.2. The molecule has 1 N–H and O–H groups in total. The molecule has 3 aromatic rings. The highest BCUT2D eigenvalue weighted by atomic mass is 35.5. The van der Waals surface area contributed by atoms with Gasteiger partial charge in [-0.2, -0.15) is 5.10 Å². The topological polar surface area (TPSA) is 72.7 Å². The monoisotopic (exact) mass is 299 g/mol. The molecule has 1 aromatic carbocycles. The number of amides is 1. The van der Waals surface area contributed by atoms with Gasteiger partial charge in [0.2, 0.25) is 0 Å². The zero-order valence-electron chi connectivity index (χ0n) is 10.8. The molecule has 3 rings (SSSR count). The number of halogens is 1. The molecule has 21 heavy (non-hydrogen) atoms. The second-order valence-corrected chi connectivity index (χ2v) is 4.52. The highest BCUT2D eigenvalue weighted by Crippen LogP contribution is 2.15. The molecule has 0 radical (unpaired) electrons. The van der Waals surface area contributed by atoms with Crippen LogP contribution in [0.15, 0.2) is 55.1 Å². The van der Waals surface area contributed by atoms with E-state index in [2.05, 4.69) is 20.4 Å². The Morgan fingerprint density at radius 2 is 1.90 bits per heavy atom. The normalized spacial score (nSPS) is 10.3. The number of para-hydroxylation sites is 1. The van der Waals surface area contributed by atoms with E-state index in [1.54, 1.807) is 10.9 Å². The molecule has 0 aliphatic carbocycles. The second kappa shape index (κ2) is 5.72. The predicted molar refractivity (Wildman–Crippen MR) is 78.6 cm³/mol. The molecule has 0 saturated carbocycles. The van der Waals surface area contributed by atoms with E-state index in [0.29, 0.717) is 5.56 Å². The minimum Gasteiger partial charge on any atom is -0.304 e. The van der Waals surface area contributed by atoms with E-state index in [1.807, 2.05) is 30.3 Å². The van der Waals surface area contributed by atoms with Gasteiger partial charge in [-0.15, -0.1) is 0 Å². The van der Waals surface area contributed by atoms with Crippen LogP contribution >= 0.6 is 11.6 Å². The lowest BCUT2D eigenvalue weighted by Crippen LogP contribution is -2.13. The third-order valence-electron chi connectivity index (χ3n) is 2.75. The van der Waals surface area contributed by atoms with Gasteiger partial charge in [0.05, 0.1) is 17.4 Å². The lowest BCUT2D eigenvalue weighted by molar-refractivity contribution is 0.102. The highest BCUT2D eigenvalue weighted by Gasteiger charge is 2.12. The van der Waals surface area contributed by atoms with Gasteiger partial charge in [0, 0.05) is 18.6 Å². The molecule has 0 aliphatic heterocycles. The summed E-state index contributed by atoms with van der Waals surface area (Å²) in [4.78, 5) is 19.9. The van der Waals surface area contributed by atoms with E-state index in [0.717, 1.165) is 5.69 Å². The maximum atomic E-state index is 12.1. The molecule has 0 spiro atoms. The third kappa shape index (κ3) is 2.90. The van der Waals surface area contributed by atoms with Gasteiger partial charge in [0.1, 0.15) is 0 Å². The molecule has 0 fully saturated rings. The van der Waals surface area contributed by atoms with Crippen LogP contribution in [0.3, 0.4) is 0 Å². The number of hydrogen-bond donors (Lipinski definition) is 1. The van der Waals surface area contributed by atoms with Gasteiger partial charge in [-0.3, -0.25) is 4.79 Å². The molecule has 0 aliphatic rings. The van der Waals surface area contributed by atoms with Crippen molar-refractivity contribution in [1.82, 2.24) is 19.7 Å². The summed E-state index contributed by atoms with van der Waals surface area (Å²) in [5, 5.41) is 6.89. The Balaban J connectivity index is 1.80. The molecular formula is C14H10ClN5O. The lowest BCUT2D eigenvalue weighted by Gasteiger charge is -2.03. The van der Waals surface area contributed by atoms with Gasteiger partial charge in [-0.05, 0) is 12.1 Å². The van der Waals surface area contributed by atoms with Crippen LogP contribution in [0.2, 0.25) is 5.15 Å². The Hall–Kier alpha value is -2.73. The number of aromatic nitrogens is 4. The van der Waals surface area contributed by atoms with Crippen LogP contribution < -0.4 is 5.32 Å². The highest BCUT2D eigenvalue weighted by molar-refractivity contribution is 6.32. The number of nitrogens with one attached hydrogen (secondary N) is 1. The number of carbonyl (C=O) groups is 1. The van der Waals surface area contributed by atoms with E-state index in [9.17, 15) is 4.79 Å². The molecule has 104 valence electrons. The summed E-state index contributed by atoms with van der Waals surface area (Å²) in [5.74, 6) is -0.129. The molecule has 7 heteroatoms. The van der Waals surface area contributed by atoms with Crippen molar-refractivity contribution < 1.29 is 4.79 Å². The van der Waals surface area contributed by atoms with Crippen molar-refractivity contribution in [2.75, 3.05) is 5.32 Å². The zero-order chi connectivity index (χ0) is 14.7. The van der Waals surface area contributed by atoms with E-state index in [1.165, 1.54) is 18.6 Å². The van der Waals surface area contributed by atoms with E-state index in [-0.39, 0.29) is 16.9 Å². The molecule has 6 nitrogen and oxygen atoms in total. The summed E-state index contributed by atoms with van der Waals surface area (Å²) in [6.07, 6.45) is 6.02. The quantitative estimate of drug-likeness (QED) is 0.806. The Morgan fingerprint density at radius 1 is 1.14 bits per heavy atom. The van der Waals surface area contributed by atoms with Crippen LogP contribution in [0.4, 0.5) is 5.82 Å². The van der Waals surface area contributed by atoms with E-state index in [4.69, 9.17) is 11.6 Å². The Labute approximate surface area is 125 Å². The van der Waals surface area contributed by atoms with Crippen LogP contribution in [0, 0.1) is 0 Å². The van der Waals surface area contributed by atoms with Crippen LogP contribution in [0.1, 0.15) is 10.4 Å². The zero-order valence-corrected chi connectivity index (χ0v) is 11.5. The number of anilines is 1. The predicted octanol–water partition coefficient (Wildman–Crippen LogP) is 2.57. The van der Waals surface area contributed by atoms with E-state index < -0.39 is 0 Å². The van der Waals surface area contributed by atoms with Crippen LogP contribution in [-0.2, 0) is 0 Å². The summed E-state index contributed by atoms with van der Waals surface area (Å²) < 4.78 is 1.62. The Kier molecular flexibility index (Phi) is 3.61. The number of hydrogen-bond acceptors (Lipinski definition) is 4.